The van der Waals surface area contributed by atoms with E-state index >= 15 is 0 Å². The molecule has 92 valence electrons. The first kappa shape index (κ1) is 12.3. The predicted octanol–water partition coefficient (Wildman–Crippen LogP) is 2.55. The summed E-state index contributed by atoms with van der Waals surface area (Å²) in [4.78, 5) is 25.0. The van der Waals surface area contributed by atoms with Gasteiger partial charge in [-0.2, -0.15) is 0 Å². The number of carbonyl (C=O) groups excluding carboxylic acids is 2. The monoisotopic (exact) mass is 251 g/mol. The molecule has 0 unspecified atom stereocenters. The van der Waals surface area contributed by atoms with Crippen molar-refractivity contribution in [2.75, 3.05) is 0 Å². The summed E-state index contributed by atoms with van der Waals surface area (Å²) in [6.45, 7) is 2.08. The van der Waals surface area contributed by atoms with Gasteiger partial charge in [-0.15, -0.1) is 11.3 Å². The maximum absolute atomic E-state index is 11.9. The van der Waals surface area contributed by atoms with Gasteiger partial charge in [0.15, 0.2) is 0 Å². The highest BCUT2D eigenvalue weighted by atomic mass is 32.1. The number of thiophene rings is 1. The summed E-state index contributed by atoms with van der Waals surface area (Å²) in [7, 11) is 0. The molecule has 0 aliphatic heterocycles. The molecule has 1 heterocycles. The van der Waals surface area contributed by atoms with Gasteiger partial charge in [0.05, 0.1) is 4.88 Å². The van der Waals surface area contributed by atoms with Crippen molar-refractivity contribution < 1.29 is 9.59 Å². The molecule has 0 aromatic carbocycles. The lowest BCUT2D eigenvalue weighted by molar-refractivity contribution is -0.120. The number of ketones is 1. The van der Waals surface area contributed by atoms with Gasteiger partial charge >= 0.3 is 0 Å². The number of Topliss-reactive ketones (excluding diaryl/α,β-unsaturated/α-hetero) is 1. The first-order chi connectivity index (χ1) is 8.19. The minimum Gasteiger partial charge on any atom is -0.349 e. The third-order valence-corrected chi connectivity index (χ3v) is 4.34. The largest absolute Gasteiger partial charge is 0.349 e. The SMILES string of the molecule is CCc1ccc(C(=O)NC2CCC(=O)CC2)s1. The average molecular weight is 251 g/mol. The van der Waals surface area contributed by atoms with E-state index in [4.69, 9.17) is 0 Å². The van der Waals surface area contributed by atoms with Crippen LogP contribution in [0.15, 0.2) is 12.1 Å². The van der Waals surface area contributed by atoms with Crippen molar-refractivity contribution in [3.63, 3.8) is 0 Å². The fourth-order valence-electron chi connectivity index (χ4n) is 2.03. The second-order valence-electron chi connectivity index (χ2n) is 4.41. The van der Waals surface area contributed by atoms with E-state index in [0.717, 1.165) is 24.1 Å². The molecule has 1 aliphatic carbocycles. The van der Waals surface area contributed by atoms with Crippen LogP contribution in [-0.4, -0.2) is 17.7 Å². The average Bonchev–Trinajstić information content (AvgIpc) is 2.81. The third kappa shape index (κ3) is 3.16. The zero-order chi connectivity index (χ0) is 12.3. The summed E-state index contributed by atoms with van der Waals surface area (Å²) >= 11 is 1.55. The molecular weight excluding hydrogens is 234 g/mol. The summed E-state index contributed by atoms with van der Waals surface area (Å²) in [6, 6.07) is 4.06. The maximum atomic E-state index is 11.9. The Labute approximate surface area is 105 Å². The van der Waals surface area contributed by atoms with Crippen LogP contribution >= 0.6 is 11.3 Å². The number of carbonyl (C=O) groups is 2. The van der Waals surface area contributed by atoms with Gasteiger partial charge in [0.2, 0.25) is 0 Å². The zero-order valence-corrected chi connectivity index (χ0v) is 10.8. The Bertz CT molecular complexity index is 415. The molecule has 0 atom stereocenters. The van der Waals surface area contributed by atoms with E-state index < -0.39 is 0 Å². The van der Waals surface area contributed by atoms with E-state index in [-0.39, 0.29) is 11.9 Å². The number of aryl methyl sites for hydroxylation is 1. The van der Waals surface area contributed by atoms with Gasteiger partial charge in [-0.3, -0.25) is 9.59 Å². The molecule has 1 aliphatic rings. The lowest BCUT2D eigenvalue weighted by atomic mass is 9.94. The van der Waals surface area contributed by atoms with E-state index in [0.29, 0.717) is 18.6 Å². The molecule has 3 nitrogen and oxygen atoms in total. The van der Waals surface area contributed by atoms with E-state index in [2.05, 4.69) is 12.2 Å². The Morgan fingerprint density at radius 2 is 2.12 bits per heavy atom. The highest BCUT2D eigenvalue weighted by molar-refractivity contribution is 7.14. The van der Waals surface area contributed by atoms with E-state index in [1.54, 1.807) is 11.3 Å². The normalized spacial score (nSPS) is 17.1. The second kappa shape index (κ2) is 5.45. The summed E-state index contributed by atoms with van der Waals surface area (Å²) in [6.07, 6.45) is 3.76. The lowest BCUT2D eigenvalue weighted by Crippen LogP contribution is -2.37. The molecule has 0 bridgehead atoms. The lowest BCUT2D eigenvalue weighted by Gasteiger charge is -2.21. The molecule has 17 heavy (non-hydrogen) atoms. The molecule has 2 rings (SSSR count). The number of hydrogen-bond acceptors (Lipinski definition) is 3. The van der Waals surface area contributed by atoms with E-state index in [1.165, 1.54) is 4.88 Å². The van der Waals surface area contributed by atoms with Crippen molar-refractivity contribution in [1.82, 2.24) is 5.32 Å². The van der Waals surface area contributed by atoms with Crippen LogP contribution in [0.25, 0.3) is 0 Å². The fraction of sp³-hybridized carbons (Fsp3) is 0.538. The maximum Gasteiger partial charge on any atom is 0.261 e. The van der Waals surface area contributed by atoms with Crippen LogP contribution in [-0.2, 0) is 11.2 Å². The Hall–Kier alpha value is -1.16. The number of hydrogen-bond donors (Lipinski definition) is 1. The number of nitrogens with one attached hydrogen (secondary N) is 1. The Morgan fingerprint density at radius 3 is 2.71 bits per heavy atom. The van der Waals surface area contributed by atoms with Crippen LogP contribution in [0.4, 0.5) is 0 Å². The van der Waals surface area contributed by atoms with Crippen molar-refractivity contribution >= 4 is 23.0 Å². The van der Waals surface area contributed by atoms with Gasteiger partial charge < -0.3 is 5.32 Å². The van der Waals surface area contributed by atoms with Crippen LogP contribution < -0.4 is 5.32 Å². The number of amides is 1. The molecule has 0 saturated heterocycles. The predicted molar refractivity (Wildman–Crippen MR) is 68.4 cm³/mol. The molecule has 1 fully saturated rings. The summed E-state index contributed by atoms with van der Waals surface area (Å²) in [5, 5.41) is 3.01. The molecular formula is C13H17NO2S. The topological polar surface area (TPSA) is 46.2 Å². The fourth-order valence-corrected chi connectivity index (χ4v) is 2.88. The summed E-state index contributed by atoms with van der Waals surface area (Å²) in [5.74, 6) is 0.328. The molecule has 1 aromatic heterocycles. The Morgan fingerprint density at radius 1 is 1.41 bits per heavy atom. The number of rotatable bonds is 3. The van der Waals surface area contributed by atoms with Gasteiger partial charge in [0, 0.05) is 23.8 Å². The zero-order valence-electron chi connectivity index (χ0n) is 9.99. The third-order valence-electron chi connectivity index (χ3n) is 3.11. The smallest absolute Gasteiger partial charge is 0.261 e. The molecule has 1 N–H and O–H groups in total. The van der Waals surface area contributed by atoms with Crippen molar-refractivity contribution in [1.29, 1.82) is 0 Å². The van der Waals surface area contributed by atoms with Crippen LogP contribution in [0.5, 0.6) is 0 Å². The molecule has 0 spiro atoms. The van der Waals surface area contributed by atoms with Gasteiger partial charge in [0.1, 0.15) is 5.78 Å². The standard InChI is InChI=1S/C13H17NO2S/c1-2-11-7-8-12(17-11)13(16)14-9-3-5-10(15)6-4-9/h7-9H,2-6H2,1H3,(H,14,16). The minimum atomic E-state index is 0.00838. The summed E-state index contributed by atoms with van der Waals surface area (Å²) in [5.41, 5.74) is 0. The first-order valence-electron chi connectivity index (χ1n) is 6.10. The van der Waals surface area contributed by atoms with E-state index in [9.17, 15) is 9.59 Å². The molecule has 1 saturated carbocycles. The van der Waals surface area contributed by atoms with Crippen molar-refractivity contribution in [3.05, 3.63) is 21.9 Å². The van der Waals surface area contributed by atoms with Crippen molar-refractivity contribution in [2.24, 2.45) is 0 Å². The van der Waals surface area contributed by atoms with Crippen LogP contribution in [0.3, 0.4) is 0 Å². The van der Waals surface area contributed by atoms with Crippen LogP contribution in [0, 0.1) is 0 Å². The molecule has 0 radical (unpaired) electrons. The van der Waals surface area contributed by atoms with Gasteiger partial charge in [-0.25, -0.2) is 0 Å². The molecule has 1 aromatic rings. The quantitative estimate of drug-likeness (QED) is 0.897. The van der Waals surface area contributed by atoms with Crippen molar-refractivity contribution in [2.45, 2.75) is 45.1 Å². The Balaban J connectivity index is 1.90. The van der Waals surface area contributed by atoms with Gasteiger partial charge in [-0.05, 0) is 31.4 Å². The first-order valence-corrected chi connectivity index (χ1v) is 6.92. The van der Waals surface area contributed by atoms with Crippen LogP contribution in [0.2, 0.25) is 0 Å². The van der Waals surface area contributed by atoms with Crippen molar-refractivity contribution in [3.8, 4) is 0 Å². The summed E-state index contributed by atoms with van der Waals surface area (Å²) < 4.78 is 0. The Kier molecular flexibility index (Phi) is 3.94. The highest BCUT2D eigenvalue weighted by Crippen LogP contribution is 2.19. The molecule has 4 heteroatoms. The van der Waals surface area contributed by atoms with E-state index in [1.807, 2.05) is 12.1 Å². The highest BCUT2D eigenvalue weighted by Gasteiger charge is 2.21. The van der Waals surface area contributed by atoms with Gasteiger partial charge in [-0.1, -0.05) is 6.92 Å². The minimum absolute atomic E-state index is 0.00838. The van der Waals surface area contributed by atoms with Crippen LogP contribution in [0.1, 0.15) is 47.2 Å². The second-order valence-corrected chi connectivity index (χ2v) is 5.57. The van der Waals surface area contributed by atoms with Gasteiger partial charge in [0.25, 0.3) is 5.91 Å². The molecule has 1 amide bonds.